The molecule has 0 radical (unpaired) electrons. The summed E-state index contributed by atoms with van der Waals surface area (Å²) in [6, 6.07) is 1.93. The number of likely N-dealkylation sites (tertiary alicyclic amines) is 1. The number of nitrogens with two attached hydrogens (primary N) is 1. The van der Waals surface area contributed by atoms with Gasteiger partial charge >= 0.3 is 0 Å². The Morgan fingerprint density at radius 1 is 1.29 bits per heavy atom. The van der Waals surface area contributed by atoms with Crippen molar-refractivity contribution in [2.45, 2.75) is 18.9 Å². The first-order valence-electron chi connectivity index (χ1n) is 7.09. The fourth-order valence-electron chi connectivity index (χ4n) is 3.07. The van der Waals surface area contributed by atoms with E-state index in [1.807, 2.05) is 0 Å². The van der Waals surface area contributed by atoms with Gasteiger partial charge in [-0.3, -0.25) is 4.79 Å². The number of hydrogen-bond acceptors (Lipinski definition) is 3. The zero-order valence-corrected chi connectivity index (χ0v) is 11.8. The molecule has 1 saturated carbocycles. The molecule has 2 fully saturated rings. The SMILES string of the molecule is COc1cc(F)c(C(=O)N2C[C@@H](N)[C@H](C3CC3)C2)c(F)c1. The second-order valence-electron chi connectivity index (χ2n) is 5.84. The highest BCUT2D eigenvalue weighted by atomic mass is 19.1. The quantitative estimate of drug-likeness (QED) is 0.925. The Balaban J connectivity index is 1.82. The van der Waals surface area contributed by atoms with Crippen LogP contribution < -0.4 is 10.5 Å². The standard InChI is InChI=1S/C15H18F2N2O2/c1-21-9-4-11(16)14(12(17)5-9)15(20)19-6-10(8-2-3-8)13(18)7-19/h4-5,8,10,13H,2-3,6-7,18H2,1H3/t10-,13+/m0/s1. The van der Waals surface area contributed by atoms with Crippen LogP contribution in [0.5, 0.6) is 5.75 Å². The Bertz CT molecular complexity index is 552. The maximum Gasteiger partial charge on any atom is 0.259 e. The molecule has 0 aromatic heterocycles. The maximum absolute atomic E-state index is 14.0. The smallest absolute Gasteiger partial charge is 0.259 e. The lowest BCUT2D eigenvalue weighted by Gasteiger charge is -2.17. The monoisotopic (exact) mass is 296 g/mol. The highest BCUT2D eigenvalue weighted by molar-refractivity contribution is 5.95. The van der Waals surface area contributed by atoms with Crippen LogP contribution in [0.3, 0.4) is 0 Å². The van der Waals surface area contributed by atoms with Crippen molar-refractivity contribution < 1.29 is 18.3 Å². The van der Waals surface area contributed by atoms with Crippen molar-refractivity contribution in [1.29, 1.82) is 0 Å². The Morgan fingerprint density at radius 3 is 2.43 bits per heavy atom. The highest BCUT2D eigenvalue weighted by Crippen LogP contribution is 2.41. The van der Waals surface area contributed by atoms with E-state index in [2.05, 4.69) is 0 Å². The van der Waals surface area contributed by atoms with Gasteiger partial charge in [-0.2, -0.15) is 0 Å². The summed E-state index contributed by atoms with van der Waals surface area (Å²) in [5, 5.41) is 0. The molecule has 1 aliphatic heterocycles. The van der Waals surface area contributed by atoms with Gasteiger partial charge in [0.1, 0.15) is 22.9 Å². The Labute approximate surface area is 121 Å². The van der Waals surface area contributed by atoms with E-state index in [1.165, 1.54) is 12.0 Å². The summed E-state index contributed by atoms with van der Waals surface area (Å²) >= 11 is 0. The molecule has 1 aromatic carbocycles. The lowest BCUT2D eigenvalue weighted by molar-refractivity contribution is 0.0775. The third-order valence-electron chi connectivity index (χ3n) is 4.39. The highest BCUT2D eigenvalue weighted by Gasteiger charge is 2.43. The third-order valence-corrected chi connectivity index (χ3v) is 4.39. The minimum absolute atomic E-state index is 0.0514. The molecule has 0 spiro atoms. The van der Waals surface area contributed by atoms with Gasteiger partial charge in [-0.25, -0.2) is 8.78 Å². The molecule has 2 atom stereocenters. The van der Waals surface area contributed by atoms with Gasteiger partial charge in [-0.05, 0) is 24.7 Å². The number of halogens is 2. The van der Waals surface area contributed by atoms with E-state index in [-0.39, 0.29) is 17.7 Å². The molecule has 0 unspecified atom stereocenters. The van der Waals surface area contributed by atoms with Gasteiger partial charge < -0.3 is 15.4 Å². The van der Waals surface area contributed by atoms with Crippen LogP contribution in [0.25, 0.3) is 0 Å². The maximum atomic E-state index is 14.0. The summed E-state index contributed by atoms with van der Waals surface area (Å²) in [6.45, 7) is 0.834. The Morgan fingerprint density at radius 2 is 1.90 bits per heavy atom. The lowest BCUT2D eigenvalue weighted by Crippen LogP contribution is -2.33. The molecule has 4 nitrogen and oxygen atoms in total. The zero-order chi connectivity index (χ0) is 15.1. The van der Waals surface area contributed by atoms with E-state index in [4.69, 9.17) is 10.5 Å². The molecule has 1 aliphatic carbocycles. The number of nitrogens with zero attached hydrogens (tertiary/aromatic N) is 1. The minimum atomic E-state index is -0.903. The molecule has 2 N–H and O–H groups in total. The first-order valence-corrected chi connectivity index (χ1v) is 7.09. The number of amides is 1. The van der Waals surface area contributed by atoms with E-state index >= 15 is 0 Å². The van der Waals surface area contributed by atoms with Crippen molar-refractivity contribution in [2.75, 3.05) is 20.2 Å². The van der Waals surface area contributed by atoms with Gasteiger partial charge in [-0.15, -0.1) is 0 Å². The topological polar surface area (TPSA) is 55.6 Å². The second-order valence-corrected chi connectivity index (χ2v) is 5.84. The van der Waals surface area contributed by atoms with Gasteiger partial charge in [0, 0.05) is 31.3 Å². The Hall–Kier alpha value is -1.69. The van der Waals surface area contributed by atoms with Crippen LogP contribution in [0, 0.1) is 23.5 Å². The summed E-state index contributed by atoms with van der Waals surface area (Å²) in [5.41, 5.74) is 5.52. The second kappa shape index (κ2) is 5.26. The van der Waals surface area contributed by atoms with Gasteiger partial charge in [0.25, 0.3) is 5.91 Å². The van der Waals surface area contributed by atoms with E-state index in [1.54, 1.807) is 0 Å². The van der Waals surface area contributed by atoms with Crippen molar-refractivity contribution in [2.24, 2.45) is 17.6 Å². The number of benzene rings is 1. The number of hydrogen-bond donors (Lipinski definition) is 1. The van der Waals surface area contributed by atoms with Crippen molar-refractivity contribution in [3.8, 4) is 5.75 Å². The minimum Gasteiger partial charge on any atom is -0.497 e. The van der Waals surface area contributed by atoms with Crippen molar-refractivity contribution in [3.63, 3.8) is 0 Å². The molecule has 3 rings (SSSR count). The van der Waals surface area contributed by atoms with Gasteiger partial charge in [-0.1, -0.05) is 0 Å². The molecule has 1 aromatic rings. The number of ether oxygens (including phenoxy) is 1. The van der Waals surface area contributed by atoms with Gasteiger partial charge in [0.05, 0.1) is 7.11 Å². The average molecular weight is 296 g/mol. The van der Waals surface area contributed by atoms with Crippen LogP contribution in [0.1, 0.15) is 23.2 Å². The molecular formula is C15H18F2N2O2. The fraction of sp³-hybridized carbons (Fsp3) is 0.533. The molecule has 2 aliphatic rings. The number of rotatable bonds is 3. The summed E-state index contributed by atoms with van der Waals surface area (Å²) in [6.07, 6.45) is 2.26. The third kappa shape index (κ3) is 2.60. The van der Waals surface area contributed by atoms with Crippen LogP contribution >= 0.6 is 0 Å². The first-order chi connectivity index (χ1) is 10.0. The molecule has 1 amide bonds. The van der Waals surface area contributed by atoms with Crippen LogP contribution in [-0.4, -0.2) is 37.0 Å². The van der Waals surface area contributed by atoms with E-state index in [0.29, 0.717) is 19.0 Å². The zero-order valence-electron chi connectivity index (χ0n) is 11.8. The summed E-state index contributed by atoms with van der Waals surface area (Å²) in [4.78, 5) is 13.8. The summed E-state index contributed by atoms with van der Waals surface area (Å²) in [7, 11) is 1.31. The van der Waals surface area contributed by atoms with Gasteiger partial charge in [0.2, 0.25) is 0 Å². The van der Waals surface area contributed by atoms with Crippen molar-refractivity contribution in [3.05, 3.63) is 29.3 Å². The van der Waals surface area contributed by atoms with Gasteiger partial charge in [0.15, 0.2) is 0 Å². The predicted octanol–water partition coefficient (Wildman–Crippen LogP) is 1.78. The van der Waals surface area contributed by atoms with Crippen LogP contribution in [0.15, 0.2) is 12.1 Å². The van der Waals surface area contributed by atoms with Crippen molar-refractivity contribution >= 4 is 5.91 Å². The van der Waals surface area contributed by atoms with Crippen LogP contribution in [0.4, 0.5) is 8.78 Å². The van der Waals surface area contributed by atoms with Crippen LogP contribution in [0.2, 0.25) is 0 Å². The molecule has 6 heteroatoms. The normalized spacial score (nSPS) is 25.2. The van der Waals surface area contributed by atoms with E-state index < -0.39 is 23.1 Å². The largest absolute Gasteiger partial charge is 0.497 e. The molecule has 0 bridgehead atoms. The predicted molar refractivity (Wildman–Crippen MR) is 73.0 cm³/mol. The molecule has 114 valence electrons. The number of methoxy groups -OCH3 is 1. The number of carbonyl (C=O) groups is 1. The van der Waals surface area contributed by atoms with Crippen LogP contribution in [-0.2, 0) is 0 Å². The average Bonchev–Trinajstić information content (AvgIpc) is 3.20. The molecular weight excluding hydrogens is 278 g/mol. The van der Waals surface area contributed by atoms with E-state index in [0.717, 1.165) is 25.0 Å². The Kier molecular flexibility index (Phi) is 3.57. The van der Waals surface area contributed by atoms with E-state index in [9.17, 15) is 13.6 Å². The summed E-state index contributed by atoms with van der Waals surface area (Å²) in [5.74, 6) is -1.58. The number of carbonyl (C=O) groups excluding carboxylic acids is 1. The molecule has 21 heavy (non-hydrogen) atoms. The lowest BCUT2D eigenvalue weighted by atomic mass is 9.99. The first kappa shape index (κ1) is 14.3. The fourth-order valence-corrected chi connectivity index (χ4v) is 3.07. The van der Waals surface area contributed by atoms with Crippen molar-refractivity contribution in [1.82, 2.24) is 4.90 Å². The molecule has 1 heterocycles. The summed E-state index contributed by atoms with van der Waals surface area (Å²) < 4.78 is 32.7. The molecule has 1 saturated heterocycles.